The number of aromatic nitrogens is 1. The van der Waals surface area contributed by atoms with E-state index in [2.05, 4.69) is 4.98 Å². The number of hydrogen-bond donors (Lipinski definition) is 0. The first kappa shape index (κ1) is 9.19. The number of methoxy groups -OCH3 is 1. The first-order valence-corrected chi connectivity index (χ1v) is 3.50. The molecule has 0 aliphatic heterocycles. The second-order valence-electron chi connectivity index (χ2n) is 2.04. The van der Waals surface area contributed by atoms with Crippen LogP contribution >= 0.6 is 11.6 Å². The third-order valence-corrected chi connectivity index (χ3v) is 1.59. The van der Waals surface area contributed by atoms with Crippen LogP contribution in [0.15, 0.2) is 12.3 Å². The standard InChI is InChI=1S/C7H6ClF2NO/c1-12-4-2-5(8)6(7(9)10)11-3-4/h2-3,7H,1H3. The molecule has 0 bridgehead atoms. The molecule has 0 aromatic carbocycles. The van der Waals surface area contributed by atoms with E-state index in [4.69, 9.17) is 16.3 Å². The largest absolute Gasteiger partial charge is 0.495 e. The number of hydrogen-bond acceptors (Lipinski definition) is 2. The summed E-state index contributed by atoms with van der Waals surface area (Å²) in [5.74, 6) is 0.365. The van der Waals surface area contributed by atoms with Crippen LogP contribution in [0.1, 0.15) is 12.1 Å². The number of halogens is 3. The van der Waals surface area contributed by atoms with Gasteiger partial charge in [0.1, 0.15) is 11.4 Å². The van der Waals surface area contributed by atoms with Crippen LogP contribution in [0.3, 0.4) is 0 Å². The van der Waals surface area contributed by atoms with Crippen molar-refractivity contribution >= 4 is 11.6 Å². The minimum atomic E-state index is -2.65. The molecule has 66 valence electrons. The van der Waals surface area contributed by atoms with E-state index < -0.39 is 12.1 Å². The van der Waals surface area contributed by atoms with Gasteiger partial charge in [-0.3, -0.25) is 0 Å². The van der Waals surface area contributed by atoms with Crippen molar-refractivity contribution in [3.05, 3.63) is 23.0 Å². The molecule has 0 saturated carbocycles. The average molecular weight is 194 g/mol. The lowest BCUT2D eigenvalue weighted by Crippen LogP contribution is -1.92. The molecule has 1 aromatic rings. The second kappa shape index (κ2) is 3.67. The van der Waals surface area contributed by atoms with Gasteiger partial charge in [-0.1, -0.05) is 11.6 Å². The van der Waals surface area contributed by atoms with Gasteiger partial charge in [-0.15, -0.1) is 0 Å². The summed E-state index contributed by atoms with van der Waals surface area (Å²) in [5.41, 5.74) is -0.419. The molecule has 0 aliphatic carbocycles. The molecule has 1 aromatic heterocycles. The SMILES string of the molecule is COc1cnc(C(F)F)c(Cl)c1. The monoisotopic (exact) mass is 193 g/mol. The first-order valence-electron chi connectivity index (χ1n) is 3.12. The molecule has 0 fully saturated rings. The highest BCUT2D eigenvalue weighted by Crippen LogP contribution is 2.27. The zero-order valence-electron chi connectivity index (χ0n) is 6.22. The van der Waals surface area contributed by atoms with Crippen molar-refractivity contribution in [3.8, 4) is 5.75 Å². The van der Waals surface area contributed by atoms with Gasteiger partial charge in [0, 0.05) is 6.07 Å². The average Bonchev–Trinajstić information content (AvgIpc) is 2.03. The zero-order valence-corrected chi connectivity index (χ0v) is 6.98. The quantitative estimate of drug-likeness (QED) is 0.721. The molecule has 0 radical (unpaired) electrons. The molecule has 12 heavy (non-hydrogen) atoms. The maximum Gasteiger partial charge on any atom is 0.281 e. The normalized spacial score (nSPS) is 10.4. The lowest BCUT2D eigenvalue weighted by Gasteiger charge is -2.03. The molecule has 5 heteroatoms. The molecule has 0 saturated heterocycles. The van der Waals surface area contributed by atoms with Gasteiger partial charge >= 0.3 is 0 Å². The predicted octanol–water partition coefficient (Wildman–Crippen LogP) is 2.68. The third-order valence-electron chi connectivity index (χ3n) is 1.29. The van der Waals surface area contributed by atoms with E-state index in [1.807, 2.05) is 0 Å². The van der Waals surface area contributed by atoms with E-state index in [1.54, 1.807) is 0 Å². The fourth-order valence-electron chi connectivity index (χ4n) is 0.703. The summed E-state index contributed by atoms with van der Waals surface area (Å²) in [6.45, 7) is 0. The molecule has 0 spiro atoms. The zero-order chi connectivity index (χ0) is 9.14. The number of pyridine rings is 1. The van der Waals surface area contributed by atoms with Gasteiger partial charge in [-0.2, -0.15) is 0 Å². The van der Waals surface area contributed by atoms with Gasteiger partial charge in [0.15, 0.2) is 0 Å². The Balaban J connectivity index is 3.03. The number of alkyl halides is 2. The van der Waals surface area contributed by atoms with Crippen LogP contribution in [0.5, 0.6) is 5.75 Å². The highest BCUT2D eigenvalue weighted by molar-refractivity contribution is 6.31. The van der Waals surface area contributed by atoms with Crippen LogP contribution in [-0.4, -0.2) is 12.1 Å². The summed E-state index contributed by atoms with van der Waals surface area (Å²) in [4.78, 5) is 3.44. The van der Waals surface area contributed by atoms with Crippen LogP contribution in [0.4, 0.5) is 8.78 Å². The molecule has 0 aliphatic rings. The van der Waals surface area contributed by atoms with E-state index in [-0.39, 0.29) is 5.02 Å². The smallest absolute Gasteiger partial charge is 0.281 e. The Labute approximate surface area is 73.1 Å². The van der Waals surface area contributed by atoms with Gasteiger partial charge in [-0.05, 0) is 0 Å². The Kier molecular flexibility index (Phi) is 2.81. The number of ether oxygens (including phenoxy) is 1. The predicted molar refractivity (Wildman–Crippen MR) is 40.8 cm³/mol. The van der Waals surface area contributed by atoms with E-state index in [9.17, 15) is 8.78 Å². The van der Waals surface area contributed by atoms with Crippen molar-refractivity contribution in [1.29, 1.82) is 0 Å². The van der Waals surface area contributed by atoms with Crippen molar-refractivity contribution in [1.82, 2.24) is 4.98 Å². The summed E-state index contributed by atoms with van der Waals surface area (Å²) < 4.78 is 28.9. The maximum absolute atomic E-state index is 12.1. The molecular formula is C7H6ClF2NO. The maximum atomic E-state index is 12.1. The van der Waals surface area contributed by atoms with Crippen LogP contribution in [-0.2, 0) is 0 Å². The Morgan fingerprint density at radius 3 is 2.67 bits per heavy atom. The number of nitrogens with zero attached hydrogens (tertiary/aromatic N) is 1. The topological polar surface area (TPSA) is 22.1 Å². The van der Waals surface area contributed by atoms with E-state index >= 15 is 0 Å². The van der Waals surface area contributed by atoms with Crippen LogP contribution in [0.2, 0.25) is 5.02 Å². The Bertz CT molecular complexity index is 280. The summed E-state index contributed by atoms with van der Waals surface area (Å²) in [5, 5.41) is -0.0793. The molecular weight excluding hydrogens is 188 g/mol. The van der Waals surface area contributed by atoms with E-state index in [0.29, 0.717) is 5.75 Å². The molecule has 1 heterocycles. The third kappa shape index (κ3) is 1.82. The van der Waals surface area contributed by atoms with Gasteiger partial charge in [0.2, 0.25) is 0 Å². The van der Waals surface area contributed by atoms with E-state index in [0.717, 1.165) is 0 Å². The van der Waals surface area contributed by atoms with Gasteiger partial charge in [0.05, 0.1) is 18.3 Å². The first-order chi connectivity index (χ1) is 5.65. The molecule has 0 atom stereocenters. The molecule has 0 amide bonds. The summed E-state index contributed by atoms with van der Waals surface area (Å²) in [6, 6.07) is 1.30. The highest BCUT2D eigenvalue weighted by atomic mass is 35.5. The van der Waals surface area contributed by atoms with Gasteiger partial charge in [0.25, 0.3) is 6.43 Å². The number of rotatable bonds is 2. The highest BCUT2D eigenvalue weighted by Gasteiger charge is 2.13. The molecule has 1 rings (SSSR count). The van der Waals surface area contributed by atoms with Crippen LogP contribution in [0.25, 0.3) is 0 Å². The van der Waals surface area contributed by atoms with E-state index in [1.165, 1.54) is 19.4 Å². The summed E-state index contributed by atoms with van der Waals surface area (Å²) in [6.07, 6.45) is -1.45. The fraction of sp³-hybridized carbons (Fsp3) is 0.286. The van der Waals surface area contributed by atoms with Crippen molar-refractivity contribution in [2.45, 2.75) is 6.43 Å². The van der Waals surface area contributed by atoms with Crippen molar-refractivity contribution in [2.75, 3.05) is 7.11 Å². The van der Waals surface area contributed by atoms with Gasteiger partial charge < -0.3 is 4.74 Å². The molecule has 0 N–H and O–H groups in total. The van der Waals surface area contributed by atoms with Crippen molar-refractivity contribution in [3.63, 3.8) is 0 Å². The lowest BCUT2D eigenvalue weighted by molar-refractivity contribution is 0.146. The van der Waals surface area contributed by atoms with Crippen LogP contribution < -0.4 is 4.74 Å². The molecule has 0 unspecified atom stereocenters. The minimum Gasteiger partial charge on any atom is -0.495 e. The van der Waals surface area contributed by atoms with Crippen molar-refractivity contribution < 1.29 is 13.5 Å². The summed E-state index contributed by atoms with van der Waals surface area (Å²) in [7, 11) is 1.41. The second-order valence-corrected chi connectivity index (χ2v) is 2.45. The lowest BCUT2D eigenvalue weighted by atomic mass is 10.3. The van der Waals surface area contributed by atoms with Crippen LogP contribution in [0, 0.1) is 0 Å². The van der Waals surface area contributed by atoms with Gasteiger partial charge in [-0.25, -0.2) is 13.8 Å². The Morgan fingerprint density at radius 2 is 2.25 bits per heavy atom. The molecule has 2 nitrogen and oxygen atoms in total. The fourth-order valence-corrected chi connectivity index (χ4v) is 0.942. The minimum absolute atomic E-state index is 0.0793. The summed E-state index contributed by atoms with van der Waals surface area (Å²) >= 11 is 5.48. The Morgan fingerprint density at radius 1 is 1.58 bits per heavy atom. The van der Waals surface area contributed by atoms with Crippen molar-refractivity contribution in [2.24, 2.45) is 0 Å². The Hall–Kier alpha value is -0.900.